The van der Waals surface area contributed by atoms with Crippen LogP contribution >= 0.6 is 0 Å². The first kappa shape index (κ1) is 22.3. The first-order chi connectivity index (χ1) is 15.4. The molecule has 0 unspecified atom stereocenters. The molecule has 32 heavy (non-hydrogen) atoms. The van der Waals surface area contributed by atoms with Crippen LogP contribution in [0.3, 0.4) is 0 Å². The summed E-state index contributed by atoms with van der Waals surface area (Å²) >= 11 is 0. The number of hydrazone groups is 1. The molecule has 0 aliphatic rings. The Labute approximate surface area is 183 Å². The van der Waals surface area contributed by atoms with Crippen LogP contribution < -0.4 is 15.5 Å². The van der Waals surface area contributed by atoms with Crippen molar-refractivity contribution in [3.8, 4) is 17.1 Å². The van der Waals surface area contributed by atoms with E-state index in [1.165, 1.54) is 18.3 Å². The van der Waals surface area contributed by atoms with Gasteiger partial charge < -0.3 is 19.6 Å². The minimum atomic E-state index is -1.00. The van der Waals surface area contributed by atoms with Crippen molar-refractivity contribution in [2.45, 2.75) is 6.42 Å². The lowest BCUT2D eigenvalue weighted by Crippen LogP contribution is -2.35. The van der Waals surface area contributed by atoms with Gasteiger partial charge in [-0.25, -0.2) is 10.2 Å². The monoisotopic (exact) mass is 435 g/mol. The highest BCUT2D eigenvalue weighted by molar-refractivity contribution is 5.88. The molecule has 0 aliphatic heterocycles. The summed E-state index contributed by atoms with van der Waals surface area (Å²) < 4.78 is 10.7. The molecule has 0 saturated heterocycles. The Balaban J connectivity index is 1.44. The van der Waals surface area contributed by atoms with E-state index >= 15 is 0 Å². The average Bonchev–Trinajstić information content (AvgIpc) is 3.27. The zero-order valence-corrected chi connectivity index (χ0v) is 17.2. The minimum Gasteiger partial charge on any atom is -0.497 e. The highest BCUT2D eigenvalue weighted by Gasteiger charge is 2.08. The van der Waals surface area contributed by atoms with Crippen LogP contribution in [0.2, 0.25) is 0 Å². The van der Waals surface area contributed by atoms with Gasteiger partial charge in [-0.05, 0) is 42.0 Å². The second-order valence-electron chi connectivity index (χ2n) is 6.68. The molecular formula is C23H21N3O6. The number of hydrogen-bond acceptors (Lipinski definition) is 6. The van der Waals surface area contributed by atoms with Crippen molar-refractivity contribution in [1.29, 1.82) is 0 Å². The number of amides is 2. The Bertz CT molecular complexity index is 1120. The predicted octanol–water partition coefficient (Wildman–Crippen LogP) is 2.46. The van der Waals surface area contributed by atoms with Gasteiger partial charge in [0.15, 0.2) is 0 Å². The minimum absolute atomic E-state index is 0.142. The number of carboxylic acids is 1. The van der Waals surface area contributed by atoms with Crippen LogP contribution in [0.25, 0.3) is 11.3 Å². The highest BCUT2D eigenvalue weighted by Crippen LogP contribution is 2.22. The molecule has 2 amide bonds. The lowest BCUT2D eigenvalue weighted by atomic mass is 10.1. The SMILES string of the molecule is COc1ccc(CC(=O)NCC(=O)N/N=C\c2ccc(-c3ccc(C(=O)O)cc3)o2)cc1. The standard InChI is InChI=1S/C23H21N3O6/c1-31-18-8-2-15(3-9-18)12-21(27)24-14-22(28)26-25-13-19-10-11-20(32-19)16-4-6-17(7-5-16)23(29)30/h2-11,13H,12,14H2,1H3,(H,24,27)(H,26,28)(H,29,30)/b25-13-. The Morgan fingerprint density at radius 1 is 1.00 bits per heavy atom. The quantitative estimate of drug-likeness (QED) is 0.350. The van der Waals surface area contributed by atoms with E-state index in [4.69, 9.17) is 14.3 Å². The van der Waals surface area contributed by atoms with Crippen molar-refractivity contribution in [3.05, 3.63) is 77.6 Å². The van der Waals surface area contributed by atoms with Crippen LogP contribution in [0.1, 0.15) is 21.7 Å². The molecule has 3 rings (SSSR count). The number of nitrogens with one attached hydrogen (secondary N) is 2. The van der Waals surface area contributed by atoms with E-state index in [1.54, 1.807) is 55.6 Å². The van der Waals surface area contributed by atoms with Gasteiger partial charge in [0.2, 0.25) is 5.91 Å². The summed E-state index contributed by atoms with van der Waals surface area (Å²) in [6.07, 6.45) is 1.47. The maximum absolute atomic E-state index is 12.0. The average molecular weight is 435 g/mol. The predicted molar refractivity (Wildman–Crippen MR) is 117 cm³/mol. The van der Waals surface area contributed by atoms with E-state index in [0.717, 1.165) is 5.56 Å². The van der Waals surface area contributed by atoms with Gasteiger partial charge in [-0.15, -0.1) is 0 Å². The van der Waals surface area contributed by atoms with Crippen LogP contribution in [-0.2, 0) is 16.0 Å². The molecule has 0 fully saturated rings. The first-order valence-electron chi connectivity index (χ1n) is 9.59. The zero-order valence-electron chi connectivity index (χ0n) is 17.2. The fourth-order valence-electron chi connectivity index (χ4n) is 2.73. The highest BCUT2D eigenvalue weighted by atomic mass is 16.5. The maximum atomic E-state index is 12.0. The molecule has 0 bridgehead atoms. The number of furan rings is 1. The van der Waals surface area contributed by atoms with E-state index in [9.17, 15) is 14.4 Å². The summed E-state index contributed by atoms with van der Waals surface area (Å²) in [5, 5.41) is 15.3. The zero-order chi connectivity index (χ0) is 22.9. The van der Waals surface area contributed by atoms with Crippen LogP contribution in [0.5, 0.6) is 5.75 Å². The lowest BCUT2D eigenvalue weighted by molar-refractivity contribution is -0.125. The van der Waals surface area contributed by atoms with Gasteiger partial charge in [-0.3, -0.25) is 9.59 Å². The van der Waals surface area contributed by atoms with Gasteiger partial charge in [-0.1, -0.05) is 24.3 Å². The molecule has 3 aromatic rings. The number of aromatic carboxylic acids is 1. The van der Waals surface area contributed by atoms with E-state index in [1.807, 2.05) is 0 Å². The van der Waals surface area contributed by atoms with E-state index in [-0.39, 0.29) is 24.4 Å². The number of rotatable bonds is 9. The molecule has 1 aromatic heterocycles. The molecule has 164 valence electrons. The Morgan fingerprint density at radius 2 is 1.72 bits per heavy atom. The molecule has 0 saturated carbocycles. The summed E-state index contributed by atoms with van der Waals surface area (Å²) in [6, 6.07) is 16.7. The van der Waals surface area contributed by atoms with Crippen molar-refractivity contribution in [2.24, 2.45) is 5.10 Å². The van der Waals surface area contributed by atoms with Crippen LogP contribution in [-0.4, -0.2) is 42.8 Å². The summed E-state index contributed by atoms with van der Waals surface area (Å²) in [6.45, 7) is -0.217. The first-order valence-corrected chi connectivity index (χ1v) is 9.59. The van der Waals surface area contributed by atoms with Crippen molar-refractivity contribution in [3.63, 3.8) is 0 Å². The number of methoxy groups -OCH3 is 1. The number of carbonyl (C=O) groups excluding carboxylic acids is 2. The van der Waals surface area contributed by atoms with Crippen molar-refractivity contribution in [2.75, 3.05) is 13.7 Å². The van der Waals surface area contributed by atoms with E-state index < -0.39 is 11.9 Å². The molecule has 9 nitrogen and oxygen atoms in total. The van der Waals surface area contributed by atoms with Crippen LogP contribution in [0.4, 0.5) is 0 Å². The topological polar surface area (TPSA) is 130 Å². The second-order valence-corrected chi connectivity index (χ2v) is 6.68. The van der Waals surface area contributed by atoms with Crippen molar-refractivity contribution < 1.29 is 28.6 Å². The van der Waals surface area contributed by atoms with Gasteiger partial charge in [-0.2, -0.15) is 5.10 Å². The number of ether oxygens (including phenoxy) is 1. The summed E-state index contributed by atoms with van der Waals surface area (Å²) in [5.41, 5.74) is 4.00. The van der Waals surface area contributed by atoms with Gasteiger partial charge >= 0.3 is 5.97 Å². The Kier molecular flexibility index (Phi) is 7.37. The number of hydrogen-bond donors (Lipinski definition) is 3. The molecule has 1 heterocycles. The molecule has 0 radical (unpaired) electrons. The molecule has 3 N–H and O–H groups in total. The molecule has 0 atom stereocenters. The summed E-state index contributed by atoms with van der Waals surface area (Å²) in [4.78, 5) is 34.7. The Morgan fingerprint density at radius 3 is 2.38 bits per heavy atom. The Hall–Kier alpha value is -4.40. The van der Waals surface area contributed by atoms with E-state index in [0.29, 0.717) is 22.8 Å². The van der Waals surface area contributed by atoms with Gasteiger partial charge in [0.25, 0.3) is 5.91 Å². The maximum Gasteiger partial charge on any atom is 0.335 e. The van der Waals surface area contributed by atoms with Gasteiger partial charge in [0, 0.05) is 5.56 Å². The number of benzene rings is 2. The fourth-order valence-corrected chi connectivity index (χ4v) is 2.73. The van der Waals surface area contributed by atoms with Gasteiger partial charge in [0.1, 0.15) is 17.3 Å². The third kappa shape index (κ3) is 6.30. The molecule has 2 aromatic carbocycles. The third-order valence-corrected chi connectivity index (χ3v) is 4.39. The van der Waals surface area contributed by atoms with Crippen molar-refractivity contribution >= 4 is 24.0 Å². The number of carbonyl (C=O) groups is 3. The number of nitrogens with zero attached hydrogens (tertiary/aromatic N) is 1. The lowest BCUT2D eigenvalue weighted by Gasteiger charge is -2.05. The van der Waals surface area contributed by atoms with Gasteiger partial charge in [0.05, 0.1) is 31.9 Å². The largest absolute Gasteiger partial charge is 0.497 e. The molecule has 0 aliphatic carbocycles. The fraction of sp³-hybridized carbons (Fsp3) is 0.130. The molecule has 9 heteroatoms. The van der Waals surface area contributed by atoms with Crippen LogP contribution in [0.15, 0.2) is 70.2 Å². The second kappa shape index (κ2) is 10.6. The molecule has 0 spiro atoms. The third-order valence-electron chi connectivity index (χ3n) is 4.39. The van der Waals surface area contributed by atoms with Crippen LogP contribution in [0, 0.1) is 0 Å². The van der Waals surface area contributed by atoms with E-state index in [2.05, 4.69) is 15.8 Å². The number of carboxylic acid groups (broad SMARTS) is 1. The summed E-state index contributed by atoms with van der Waals surface area (Å²) in [5.74, 6) is -0.159. The smallest absolute Gasteiger partial charge is 0.335 e. The molecular weight excluding hydrogens is 414 g/mol. The van der Waals surface area contributed by atoms with Crippen molar-refractivity contribution in [1.82, 2.24) is 10.7 Å². The normalized spacial score (nSPS) is 10.7. The summed E-state index contributed by atoms with van der Waals surface area (Å²) in [7, 11) is 1.56.